The zero-order chi connectivity index (χ0) is 30.9. The molecule has 11 nitrogen and oxygen atoms in total. The van der Waals surface area contributed by atoms with E-state index in [0.29, 0.717) is 66.1 Å². The summed E-state index contributed by atoms with van der Waals surface area (Å²) in [5.41, 5.74) is 4.74. The number of aromatic nitrogens is 4. The van der Waals surface area contributed by atoms with Crippen LogP contribution in [0.2, 0.25) is 0 Å². The normalized spacial score (nSPS) is 13.2. The highest BCUT2D eigenvalue weighted by atomic mass is 16.5. The summed E-state index contributed by atoms with van der Waals surface area (Å²) in [6.07, 6.45) is 7.25. The first kappa shape index (κ1) is 28.1. The molecule has 3 aromatic heterocycles. The molecule has 0 saturated carbocycles. The predicted molar refractivity (Wildman–Crippen MR) is 170 cm³/mol. The molecule has 0 aliphatic carbocycles. The Labute approximate surface area is 258 Å². The summed E-state index contributed by atoms with van der Waals surface area (Å²) < 4.78 is 19.7. The van der Waals surface area contributed by atoms with Crippen molar-refractivity contribution in [3.63, 3.8) is 0 Å². The molecule has 0 spiro atoms. The van der Waals surface area contributed by atoms with Crippen LogP contribution in [-0.2, 0) is 4.74 Å². The van der Waals surface area contributed by atoms with Gasteiger partial charge in [-0.3, -0.25) is 14.2 Å². The molecular formula is C34H30N6O5. The number of amides is 1. The number of morpholine rings is 1. The molecule has 6 aromatic rings. The molecule has 0 unspecified atom stereocenters. The van der Waals surface area contributed by atoms with Gasteiger partial charge in [0.25, 0.3) is 11.8 Å². The molecule has 1 aliphatic rings. The molecule has 226 valence electrons. The van der Waals surface area contributed by atoms with Crippen LogP contribution < -0.4 is 14.8 Å². The fourth-order valence-electron chi connectivity index (χ4n) is 5.60. The Hall–Kier alpha value is -5.68. The van der Waals surface area contributed by atoms with E-state index in [1.165, 1.54) is 7.11 Å². The molecule has 7 rings (SSSR count). The van der Waals surface area contributed by atoms with E-state index in [1.54, 1.807) is 47.2 Å². The minimum Gasteiger partial charge on any atom is -0.497 e. The van der Waals surface area contributed by atoms with Crippen molar-refractivity contribution < 1.29 is 23.8 Å². The quantitative estimate of drug-likeness (QED) is 0.263. The lowest BCUT2D eigenvalue weighted by Crippen LogP contribution is -2.40. The average molecular weight is 603 g/mol. The summed E-state index contributed by atoms with van der Waals surface area (Å²) in [7, 11) is 3.10. The van der Waals surface area contributed by atoms with Crippen molar-refractivity contribution in [2.24, 2.45) is 0 Å². The van der Waals surface area contributed by atoms with Crippen LogP contribution in [0.15, 0.2) is 91.5 Å². The maximum atomic E-state index is 13.7. The molecule has 45 heavy (non-hydrogen) atoms. The van der Waals surface area contributed by atoms with Crippen LogP contribution in [0.5, 0.6) is 11.5 Å². The first-order valence-electron chi connectivity index (χ1n) is 14.5. The van der Waals surface area contributed by atoms with Gasteiger partial charge in [0.1, 0.15) is 11.5 Å². The van der Waals surface area contributed by atoms with Crippen molar-refractivity contribution in [3.8, 4) is 22.8 Å². The lowest BCUT2D eigenvalue weighted by atomic mass is 10.1. The SMILES string of the molecule is COc1ccc(C(=O)n2ccc3c(-c4cn5ccnc5c(Nc5ccc(C(=O)N6CCOCC6)cc5)n4)cccc32)c(OC)c1. The fraction of sp³-hybridized carbons (Fsp3) is 0.176. The van der Waals surface area contributed by atoms with Crippen molar-refractivity contribution in [3.05, 3.63) is 103 Å². The zero-order valence-electron chi connectivity index (χ0n) is 24.8. The van der Waals surface area contributed by atoms with Gasteiger partial charge in [-0.2, -0.15) is 0 Å². The number of ether oxygens (including phenoxy) is 3. The first-order chi connectivity index (χ1) is 22.0. The van der Waals surface area contributed by atoms with E-state index in [1.807, 2.05) is 65.3 Å². The molecule has 1 fully saturated rings. The molecule has 11 heteroatoms. The third kappa shape index (κ3) is 5.23. The Balaban J connectivity index is 1.21. The number of hydrogen-bond donors (Lipinski definition) is 1. The molecular weight excluding hydrogens is 572 g/mol. The van der Waals surface area contributed by atoms with Crippen molar-refractivity contribution in [1.82, 2.24) is 23.8 Å². The lowest BCUT2D eigenvalue weighted by molar-refractivity contribution is 0.0303. The first-order valence-corrected chi connectivity index (χ1v) is 14.5. The molecule has 1 aliphatic heterocycles. The number of benzene rings is 3. The van der Waals surface area contributed by atoms with Gasteiger partial charge in [0.2, 0.25) is 0 Å². The van der Waals surface area contributed by atoms with Gasteiger partial charge in [-0.25, -0.2) is 9.97 Å². The third-order valence-corrected chi connectivity index (χ3v) is 7.93. The highest BCUT2D eigenvalue weighted by Crippen LogP contribution is 2.32. The molecule has 1 N–H and O–H groups in total. The number of carbonyl (C=O) groups excluding carboxylic acids is 2. The van der Waals surface area contributed by atoms with Crippen molar-refractivity contribution in [2.75, 3.05) is 45.8 Å². The summed E-state index contributed by atoms with van der Waals surface area (Å²) in [5.74, 6) is 1.35. The molecule has 0 bridgehead atoms. The van der Waals surface area contributed by atoms with Crippen molar-refractivity contribution in [2.45, 2.75) is 0 Å². The number of nitrogens with zero attached hydrogens (tertiary/aromatic N) is 5. The van der Waals surface area contributed by atoms with Gasteiger partial charge < -0.3 is 28.8 Å². The standard InChI is InChI=1S/C34H30N6O5/c1-43-24-10-11-27(30(20-24)44-2)34(42)40-14-12-26-25(4-3-5-29(26)40)28-21-39-15-13-35-32(39)31(37-28)36-23-8-6-22(7-9-23)33(41)38-16-18-45-19-17-38/h3-15,20-21H,16-19H2,1-2H3,(H,36,37). The van der Waals surface area contributed by atoms with E-state index in [4.69, 9.17) is 19.2 Å². The number of fused-ring (bicyclic) bond motifs is 2. The van der Waals surface area contributed by atoms with Gasteiger partial charge in [-0.05, 0) is 48.5 Å². The van der Waals surface area contributed by atoms with Crippen LogP contribution in [0, 0.1) is 0 Å². The third-order valence-electron chi connectivity index (χ3n) is 7.93. The molecule has 4 heterocycles. The van der Waals surface area contributed by atoms with Crippen LogP contribution in [0.1, 0.15) is 20.7 Å². The molecule has 0 atom stereocenters. The topological polar surface area (TPSA) is 112 Å². The van der Waals surface area contributed by atoms with E-state index < -0.39 is 0 Å². The molecule has 1 saturated heterocycles. The second-order valence-corrected chi connectivity index (χ2v) is 10.5. The number of methoxy groups -OCH3 is 2. The second-order valence-electron chi connectivity index (χ2n) is 10.5. The van der Waals surface area contributed by atoms with Gasteiger partial charge in [0, 0.05) is 66.1 Å². The Kier molecular flexibility index (Phi) is 7.36. The fourth-order valence-corrected chi connectivity index (χ4v) is 5.60. The molecule has 3 aromatic carbocycles. The highest BCUT2D eigenvalue weighted by Gasteiger charge is 2.21. The monoisotopic (exact) mass is 602 g/mol. The van der Waals surface area contributed by atoms with Gasteiger partial charge in [-0.1, -0.05) is 12.1 Å². The van der Waals surface area contributed by atoms with E-state index in [2.05, 4.69) is 10.3 Å². The Morgan fingerprint density at radius 3 is 2.51 bits per heavy atom. The van der Waals surface area contributed by atoms with E-state index in [-0.39, 0.29) is 11.8 Å². The zero-order valence-corrected chi connectivity index (χ0v) is 24.8. The van der Waals surface area contributed by atoms with E-state index >= 15 is 0 Å². The Morgan fingerprint density at radius 2 is 1.73 bits per heavy atom. The second kappa shape index (κ2) is 11.8. The molecule has 0 radical (unpaired) electrons. The maximum absolute atomic E-state index is 13.7. The van der Waals surface area contributed by atoms with Crippen LogP contribution in [-0.4, -0.2) is 76.2 Å². The van der Waals surface area contributed by atoms with Crippen molar-refractivity contribution >= 4 is 39.9 Å². The summed E-state index contributed by atoms with van der Waals surface area (Å²) in [5, 5.41) is 4.24. The lowest BCUT2D eigenvalue weighted by Gasteiger charge is -2.26. The molecule has 1 amide bonds. The van der Waals surface area contributed by atoms with Gasteiger partial charge >= 0.3 is 0 Å². The van der Waals surface area contributed by atoms with Gasteiger partial charge in [-0.15, -0.1) is 0 Å². The van der Waals surface area contributed by atoms with Crippen LogP contribution >= 0.6 is 0 Å². The van der Waals surface area contributed by atoms with Gasteiger partial charge in [0.15, 0.2) is 11.5 Å². The number of imidazole rings is 1. The summed E-state index contributed by atoms with van der Waals surface area (Å²) in [4.78, 5) is 37.8. The minimum absolute atomic E-state index is 0.00966. The number of anilines is 2. The average Bonchev–Trinajstić information content (AvgIpc) is 3.76. The van der Waals surface area contributed by atoms with Crippen molar-refractivity contribution in [1.29, 1.82) is 0 Å². The number of rotatable bonds is 7. The van der Waals surface area contributed by atoms with Crippen LogP contribution in [0.4, 0.5) is 11.5 Å². The smallest absolute Gasteiger partial charge is 0.266 e. The maximum Gasteiger partial charge on any atom is 0.266 e. The number of carbonyl (C=O) groups is 2. The highest BCUT2D eigenvalue weighted by molar-refractivity contribution is 6.06. The predicted octanol–water partition coefficient (Wildman–Crippen LogP) is 5.27. The summed E-state index contributed by atoms with van der Waals surface area (Å²) >= 11 is 0. The number of hydrogen-bond acceptors (Lipinski definition) is 8. The van der Waals surface area contributed by atoms with Crippen LogP contribution in [0.3, 0.4) is 0 Å². The number of nitrogens with one attached hydrogen (secondary N) is 1. The Morgan fingerprint density at radius 1 is 0.911 bits per heavy atom. The largest absolute Gasteiger partial charge is 0.497 e. The van der Waals surface area contributed by atoms with Crippen LogP contribution in [0.25, 0.3) is 27.8 Å². The summed E-state index contributed by atoms with van der Waals surface area (Å²) in [6, 6.07) is 20.2. The van der Waals surface area contributed by atoms with Gasteiger partial charge in [0.05, 0.1) is 44.2 Å². The summed E-state index contributed by atoms with van der Waals surface area (Å²) in [6.45, 7) is 2.29. The Bertz CT molecular complexity index is 2040. The van der Waals surface area contributed by atoms with E-state index in [0.717, 1.165) is 22.2 Å². The minimum atomic E-state index is -0.224. The van der Waals surface area contributed by atoms with E-state index in [9.17, 15) is 9.59 Å².